The number of piperazine rings is 1. The van der Waals surface area contributed by atoms with Crippen molar-refractivity contribution in [3.63, 3.8) is 0 Å². The molecule has 3 rings (SSSR count). The first kappa shape index (κ1) is 11.2. The van der Waals surface area contributed by atoms with Gasteiger partial charge in [-0.3, -0.25) is 9.59 Å². The molecule has 0 aliphatic carbocycles. The van der Waals surface area contributed by atoms with E-state index in [0.29, 0.717) is 18.3 Å². The second-order valence-corrected chi connectivity index (χ2v) is 4.67. The van der Waals surface area contributed by atoms with E-state index >= 15 is 0 Å². The van der Waals surface area contributed by atoms with Crippen LogP contribution in [0.2, 0.25) is 0 Å². The maximum atomic E-state index is 12.2. The Hall–Kier alpha value is -1.92. The second kappa shape index (κ2) is 4.08. The Balaban J connectivity index is 1.76. The zero-order valence-corrected chi connectivity index (χ0v) is 10.1. The van der Waals surface area contributed by atoms with Crippen molar-refractivity contribution in [1.29, 1.82) is 0 Å². The van der Waals surface area contributed by atoms with E-state index in [1.165, 1.54) is 4.90 Å². The minimum Gasteiger partial charge on any atom is -0.337 e. The molecule has 2 saturated heterocycles. The maximum absolute atomic E-state index is 12.2. The van der Waals surface area contributed by atoms with Gasteiger partial charge >= 0.3 is 0 Å². The SMILES string of the molecule is Cc1noc(CN2CC(=O)N3CCCC3C2=O)n1. The summed E-state index contributed by atoms with van der Waals surface area (Å²) in [5.74, 6) is 0.902. The van der Waals surface area contributed by atoms with Crippen LogP contribution in [0.15, 0.2) is 4.52 Å². The van der Waals surface area contributed by atoms with Crippen LogP contribution in [-0.2, 0) is 16.1 Å². The Labute approximate surface area is 104 Å². The number of amides is 2. The highest BCUT2D eigenvalue weighted by atomic mass is 16.5. The van der Waals surface area contributed by atoms with Gasteiger partial charge in [0, 0.05) is 6.54 Å². The Bertz CT molecular complexity index is 498. The summed E-state index contributed by atoms with van der Waals surface area (Å²) in [5.41, 5.74) is 0. The van der Waals surface area contributed by atoms with Crippen molar-refractivity contribution >= 4 is 11.8 Å². The predicted molar refractivity (Wildman–Crippen MR) is 59.2 cm³/mol. The smallest absolute Gasteiger partial charge is 0.246 e. The van der Waals surface area contributed by atoms with Gasteiger partial charge in [0.15, 0.2) is 5.82 Å². The fraction of sp³-hybridized carbons (Fsp3) is 0.636. The Morgan fingerprint density at radius 1 is 1.44 bits per heavy atom. The second-order valence-electron chi connectivity index (χ2n) is 4.67. The van der Waals surface area contributed by atoms with Crippen LogP contribution >= 0.6 is 0 Å². The van der Waals surface area contributed by atoms with Crippen LogP contribution < -0.4 is 0 Å². The van der Waals surface area contributed by atoms with Crippen molar-refractivity contribution in [3.8, 4) is 0 Å². The molecule has 96 valence electrons. The third-order valence-corrected chi connectivity index (χ3v) is 3.39. The van der Waals surface area contributed by atoms with Gasteiger partial charge in [-0.2, -0.15) is 4.98 Å². The molecule has 7 nitrogen and oxygen atoms in total. The standard InChI is InChI=1S/C11H14N4O3/c1-7-12-9(18-13-7)5-14-6-10(16)15-4-2-3-8(15)11(14)17/h8H,2-6H2,1H3. The first-order valence-electron chi connectivity index (χ1n) is 6.02. The van der Waals surface area contributed by atoms with E-state index in [1.54, 1.807) is 11.8 Å². The van der Waals surface area contributed by atoms with Gasteiger partial charge in [-0.1, -0.05) is 5.16 Å². The number of nitrogens with zero attached hydrogens (tertiary/aromatic N) is 4. The van der Waals surface area contributed by atoms with Crippen LogP contribution in [-0.4, -0.2) is 50.9 Å². The number of aryl methyl sites for hydroxylation is 1. The van der Waals surface area contributed by atoms with Crippen molar-refractivity contribution in [3.05, 3.63) is 11.7 Å². The summed E-state index contributed by atoms with van der Waals surface area (Å²) in [4.78, 5) is 31.3. The highest BCUT2D eigenvalue weighted by molar-refractivity contribution is 5.95. The molecule has 18 heavy (non-hydrogen) atoms. The van der Waals surface area contributed by atoms with E-state index in [9.17, 15) is 9.59 Å². The normalized spacial score (nSPS) is 23.7. The van der Waals surface area contributed by atoms with Crippen molar-refractivity contribution in [2.45, 2.75) is 32.4 Å². The lowest BCUT2D eigenvalue weighted by Gasteiger charge is -2.35. The molecule has 7 heteroatoms. The molecule has 1 aromatic heterocycles. The van der Waals surface area contributed by atoms with Gasteiger partial charge in [-0.05, 0) is 19.8 Å². The van der Waals surface area contributed by atoms with Crippen LogP contribution in [0.1, 0.15) is 24.6 Å². The van der Waals surface area contributed by atoms with E-state index in [0.717, 1.165) is 12.8 Å². The first-order chi connectivity index (χ1) is 8.65. The zero-order valence-electron chi connectivity index (χ0n) is 10.1. The molecule has 1 unspecified atom stereocenters. The number of fused-ring (bicyclic) bond motifs is 1. The summed E-state index contributed by atoms with van der Waals surface area (Å²) in [7, 11) is 0. The van der Waals surface area contributed by atoms with Crippen molar-refractivity contribution < 1.29 is 14.1 Å². The molecule has 2 aliphatic heterocycles. The zero-order chi connectivity index (χ0) is 12.7. The molecule has 1 atom stereocenters. The summed E-state index contributed by atoms with van der Waals surface area (Å²) < 4.78 is 4.98. The van der Waals surface area contributed by atoms with Gasteiger partial charge in [0.25, 0.3) is 0 Å². The van der Waals surface area contributed by atoms with Crippen LogP contribution in [0.5, 0.6) is 0 Å². The fourth-order valence-corrected chi connectivity index (χ4v) is 2.57. The monoisotopic (exact) mass is 250 g/mol. The lowest BCUT2D eigenvalue weighted by atomic mass is 10.1. The third-order valence-electron chi connectivity index (χ3n) is 3.39. The van der Waals surface area contributed by atoms with Crippen LogP contribution in [0.4, 0.5) is 0 Å². The lowest BCUT2D eigenvalue weighted by Crippen LogP contribution is -2.56. The van der Waals surface area contributed by atoms with Crippen LogP contribution in [0.25, 0.3) is 0 Å². The van der Waals surface area contributed by atoms with Gasteiger partial charge in [-0.25, -0.2) is 0 Å². The number of aromatic nitrogens is 2. The number of rotatable bonds is 2. The van der Waals surface area contributed by atoms with Gasteiger partial charge in [0.1, 0.15) is 19.1 Å². The highest BCUT2D eigenvalue weighted by Gasteiger charge is 2.42. The number of carbonyl (C=O) groups is 2. The van der Waals surface area contributed by atoms with Crippen molar-refractivity contribution in [2.75, 3.05) is 13.1 Å². The average molecular weight is 250 g/mol. The average Bonchev–Trinajstić information content (AvgIpc) is 2.95. The molecule has 0 bridgehead atoms. The van der Waals surface area contributed by atoms with E-state index < -0.39 is 0 Å². The molecule has 0 N–H and O–H groups in total. The summed E-state index contributed by atoms with van der Waals surface area (Å²) in [6.07, 6.45) is 1.65. The van der Waals surface area contributed by atoms with Crippen LogP contribution in [0.3, 0.4) is 0 Å². The quantitative estimate of drug-likeness (QED) is 0.720. The Kier molecular flexibility index (Phi) is 2.53. The number of hydrogen-bond donors (Lipinski definition) is 0. The first-order valence-corrected chi connectivity index (χ1v) is 6.02. The lowest BCUT2D eigenvalue weighted by molar-refractivity contribution is -0.154. The molecule has 1 aromatic rings. The molecule has 0 radical (unpaired) electrons. The molecule has 2 amide bonds. The van der Waals surface area contributed by atoms with E-state index in [2.05, 4.69) is 10.1 Å². The van der Waals surface area contributed by atoms with Gasteiger partial charge in [0.05, 0.1) is 0 Å². The number of carbonyl (C=O) groups excluding carboxylic acids is 2. The molecule has 3 heterocycles. The minimum atomic E-state index is -0.282. The molecule has 2 aliphatic rings. The topological polar surface area (TPSA) is 79.5 Å². The van der Waals surface area contributed by atoms with Gasteiger partial charge in [-0.15, -0.1) is 0 Å². The molecule has 0 spiro atoms. The minimum absolute atomic E-state index is 0.00772. The van der Waals surface area contributed by atoms with Crippen LogP contribution in [0, 0.1) is 6.92 Å². The fourth-order valence-electron chi connectivity index (χ4n) is 2.57. The summed E-state index contributed by atoms with van der Waals surface area (Å²) in [5, 5.41) is 3.67. The largest absolute Gasteiger partial charge is 0.337 e. The molecule has 0 saturated carbocycles. The summed E-state index contributed by atoms with van der Waals surface area (Å²) in [6, 6.07) is -0.282. The van der Waals surface area contributed by atoms with Gasteiger partial charge < -0.3 is 14.3 Å². The maximum Gasteiger partial charge on any atom is 0.246 e. The van der Waals surface area contributed by atoms with E-state index in [1.807, 2.05) is 0 Å². The Morgan fingerprint density at radius 3 is 3.00 bits per heavy atom. The molecular formula is C11H14N4O3. The summed E-state index contributed by atoms with van der Waals surface area (Å²) >= 11 is 0. The predicted octanol–water partition coefficient (Wildman–Crippen LogP) is -0.289. The highest BCUT2D eigenvalue weighted by Crippen LogP contribution is 2.24. The molecular weight excluding hydrogens is 236 g/mol. The molecule has 2 fully saturated rings. The third kappa shape index (κ3) is 1.75. The Morgan fingerprint density at radius 2 is 2.28 bits per heavy atom. The van der Waals surface area contributed by atoms with E-state index in [-0.39, 0.29) is 30.9 Å². The summed E-state index contributed by atoms with van der Waals surface area (Å²) in [6.45, 7) is 2.74. The molecule has 0 aromatic carbocycles. The van der Waals surface area contributed by atoms with Gasteiger partial charge in [0.2, 0.25) is 17.7 Å². The van der Waals surface area contributed by atoms with Crippen molar-refractivity contribution in [1.82, 2.24) is 19.9 Å². The number of hydrogen-bond acceptors (Lipinski definition) is 5. The van der Waals surface area contributed by atoms with Crippen molar-refractivity contribution in [2.24, 2.45) is 0 Å². The van der Waals surface area contributed by atoms with E-state index in [4.69, 9.17) is 4.52 Å².